The van der Waals surface area contributed by atoms with Crippen molar-refractivity contribution < 1.29 is 0 Å². The van der Waals surface area contributed by atoms with E-state index in [1.165, 1.54) is 24.0 Å². The SMILES string of the molecule is CCCCc1ccccc1NC(=S)Nc1ccc(CC)cc1. The molecule has 0 atom stereocenters. The number of para-hydroxylation sites is 1. The van der Waals surface area contributed by atoms with Crippen LogP contribution in [0.15, 0.2) is 48.5 Å². The van der Waals surface area contributed by atoms with Crippen LogP contribution in [0.5, 0.6) is 0 Å². The van der Waals surface area contributed by atoms with Gasteiger partial charge < -0.3 is 10.6 Å². The minimum atomic E-state index is 0.633. The van der Waals surface area contributed by atoms with Gasteiger partial charge in [-0.3, -0.25) is 0 Å². The molecule has 22 heavy (non-hydrogen) atoms. The molecule has 2 nitrogen and oxygen atoms in total. The van der Waals surface area contributed by atoms with Crippen LogP contribution >= 0.6 is 12.2 Å². The molecule has 0 aromatic heterocycles. The monoisotopic (exact) mass is 312 g/mol. The number of anilines is 2. The number of unbranched alkanes of at least 4 members (excludes halogenated alkanes) is 1. The van der Waals surface area contributed by atoms with E-state index in [1.807, 2.05) is 6.07 Å². The van der Waals surface area contributed by atoms with E-state index in [-0.39, 0.29) is 0 Å². The van der Waals surface area contributed by atoms with Crippen LogP contribution in [0.25, 0.3) is 0 Å². The summed E-state index contributed by atoms with van der Waals surface area (Å²) in [5.41, 5.74) is 4.75. The van der Waals surface area contributed by atoms with Crippen LogP contribution in [0.3, 0.4) is 0 Å². The van der Waals surface area contributed by atoms with Gasteiger partial charge in [0.25, 0.3) is 0 Å². The number of hydrogen-bond donors (Lipinski definition) is 2. The molecule has 0 amide bonds. The fraction of sp³-hybridized carbons (Fsp3) is 0.316. The number of aryl methyl sites for hydroxylation is 2. The molecular formula is C19H24N2S. The van der Waals surface area contributed by atoms with Crippen LogP contribution in [-0.2, 0) is 12.8 Å². The molecule has 2 aromatic rings. The molecular weight excluding hydrogens is 288 g/mol. The summed E-state index contributed by atoms with van der Waals surface area (Å²) in [5, 5.41) is 7.19. The highest BCUT2D eigenvalue weighted by Gasteiger charge is 2.04. The van der Waals surface area contributed by atoms with Crippen molar-refractivity contribution >= 4 is 28.7 Å². The van der Waals surface area contributed by atoms with Crippen molar-refractivity contribution in [3.63, 3.8) is 0 Å². The molecule has 2 N–H and O–H groups in total. The molecule has 2 rings (SSSR count). The third-order valence-corrected chi connectivity index (χ3v) is 3.89. The van der Waals surface area contributed by atoms with Crippen molar-refractivity contribution in [3.05, 3.63) is 59.7 Å². The summed E-state index contributed by atoms with van der Waals surface area (Å²) in [6.07, 6.45) is 4.51. The number of nitrogens with one attached hydrogen (secondary N) is 2. The summed E-state index contributed by atoms with van der Waals surface area (Å²) in [6, 6.07) is 16.7. The van der Waals surface area contributed by atoms with Gasteiger partial charge in [-0.05, 0) is 60.8 Å². The van der Waals surface area contributed by atoms with Crippen molar-refractivity contribution in [2.24, 2.45) is 0 Å². The summed E-state index contributed by atoms with van der Waals surface area (Å²) < 4.78 is 0. The van der Waals surface area contributed by atoms with Gasteiger partial charge in [0.15, 0.2) is 5.11 Å². The smallest absolute Gasteiger partial charge is 0.175 e. The second-order valence-electron chi connectivity index (χ2n) is 5.39. The van der Waals surface area contributed by atoms with Gasteiger partial charge in [0.2, 0.25) is 0 Å². The number of thiocarbonyl (C=S) groups is 1. The Morgan fingerprint density at radius 2 is 1.68 bits per heavy atom. The second-order valence-corrected chi connectivity index (χ2v) is 5.80. The molecule has 0 bridgehead atoms. The molecule has 0 saturated carbocycles. The maximum atomic E-state index is 5.43. The summed E-state index contributed by atoms with van der Waals surface area (Å²) in [6.45, 7) is 4.37. The van der Waals surface area contributed by atoms with Crippen LogP contribution in [0, 0.1) is 0 Å². The molecule has 0 aliphatic rings. The van der Waals surface area contributed by atoms with E-state index in [9.17, 15) is 0 Å². The predicted molar refractivity (Wildman–Crippen MR) is 101 cm³/mol. The molecule has 0 unspecified atom stereocenters. The first-order chi connectivity index (χ1) is 10.7. The molecule has 116 valence electrons. The largest absolute Gasteiger partial charge is 0.332 e. The maximum Gasteiger partial charge on any atom is 0.175 e. The Hall–Kier alpha value is -1.87. The quantitative estimate of drug-likeness (QED) is 0.698. The van der Waals surface area contributed by atoms with Crippen molar-refractivity contribution in [2.45, 2.75) is 39.5 Å². The Kier molecular flexibility index (Phi) is 6.41. The minimum absolute atomic E-state index is 0.633. The van der Waals surface area contributed by atoms with Crippen molar-refractivity contribution in [1.29, 1.82) is 0 Å². The lowest BCUT2D eigenvalue weighted by molar-refractivity contribution is 0.796. The highest BCUT2D eigenvalue weighted by Crippen LogP contribution is 2.18. The molecule has 0 saturated heterocycles. The lowest BCUT2D eigenvalue weighted by Gasteiger charge is -2.14. The second kappa shape index (κ2) is 8.54. The van der Waals surface area contributed by atoms with Crippen molar-refractivity contribution in [2.75, 3.05) is 10.6 Å². The van der Waals surface area contributed by atoms with Crippen LogP contribution in [0.2, 0.25) is 0 Å². The average Bonchev–Trinajstić information content (AvgIpc) is 2.54. The highest BCUT2D eigenvalue weighted by molar-refractivity contribution is 7.80. The summed E-state index contributed by atoms with van der Waals surface area (Å²) in [7, 11) is 0. The summed E-state index contributed by atoms with van der Waals surface area (Å²) in [5.74, 6) is 0. The lowest BCUT2D eigenvalue weighted by Crippen LogP contribution is -2.19. The fourth-order valence-corrected chi connectivity index (χ4v) is 2.56. The van der Waals surface area contributed by atoms with E-state index in [1.54, 1.807) is 0 Å². The van der Waals surface area contributed by atoms with Gasteiger partial charge in [0.05, 0.1) is 0 Å². The topological polar surface area (TPSA) is 24.1 Å². The number of rotatable bonds is 6. The van der Waals surface area contributed by atoms with E-state index in [4.69, 9.17) is 12.2 Å². The molecule has 0 aliphatic heterocycles. The molecule has 2 aromatic carbocycles. The van der Waals surface area contributed by atoms with Gasteiger partial charge in [-0.2, -0.15) is 0 Å². The van der Waals surface area contributed by atoms with Gasteiger partial charge in [-0.25, -0.2) is 0 Å². The molecule has 0 radical (unpaired) electrons. The molecule has 3 heteroatoms. The van der Waals surface area contributed by atoms with Crippen LogP contribution in [0.4, 0.5) is 11.4 Å². The first kappa shape index (κ1) is 16.5. The van der Waals surface area contributed by atoms with Gasteiger partial charge in [-0.15, -0.1) is 0 Å². The Labute approximate surface area is 139 Å². The van der Waals surface area contributed by atoms with Crippen molar-refractivity contribution in [3.8, 4) is 0 Å². The van der Waals surface area contributed by atoms with E-state index in [2.05, 4.69) is 66.9 Å². The Morgan fingerprint density at radius 1 is 0.955 bits per heavy atom. The Balaban J connectivity index is 1.99. The van der Waals surface area contributed by atoms with E-state index in [0.29, 0.717) is 5.11 Å². The Bertz CT molecular complexity index is 605. The summed E-state index contributed by atoms with van der Waals surface area (Å²) in [4.78, 5) is 0. The zero-order valence-corrected chi connectivity index (χ0v) is 14.2. The first-order valence-electron chi connectivity index (χ1n) is 7.97. The average molecular weight is 312 g/mol. The molecule has 0 fully saturated rings. The molecule has 0 spiro atoms. The first-order valence-corrected chi connectivity index (χ1v) is 8.38. The Morgan fingerprint density at radius 3 is 2.36 bits per heavy atom. The van der Waals surface area contributed by atoms with Crippen LogP contribution in [-0.4, -0.2) is 5.11 Å². The standard InChI is InChI=1S/C19H24N2S/c1-3-5-8-16-9-6-7-10-18(16)21-19(22)20-17-13-11-15(4-2)12-14-17/h6-7,9-14H,3-5,8H2,1-2H3,(H2,20,21,22). The molecule has 0 aliphatic carbocycles. The normalized spacial score (nSPS) is 10.3. The fourth-order valence-electron chi connectivity index (χ4n) is 2.34. The minimum Gasteiger partial charge on any atom is -0.332 e. The van der Waals surface area contributed by atoms with Gasteiger partial charge in [0.1, 0.15) is 0 Å². The highest BCUT2D eigenvalue weighted by atomic mass is 32.1. The zero-order valence-electron chi connectivity index (χ0n) is 13.4. The van der Waals surface area contributed by atoms with E-state index < -0.39 is 0 Å². The van der Waals surface area contributed by atoms with Gasteiger partial charge in [0, 0.05) is 11.4 Å². The number of hydrogen-bond acceptors (Lipinski definition) is 1. The van der Waals surface area contributed by atoms with Crippen LogP contribution < -0.4 is 10.6 Å². The lowest BCUT2D eigenvalue weighted by atomic mass is 10.1. The summed E-state index contributed by atoms with van der Waals surface area (Å²) >= 11 is 5.43. The number of benzene rings is 2. The van der Waals surface area contributed by atoms with Crippen molar-refractivity contribution in [1.82, 2.24) is 0 Å². The predicted octanol–water partition coefficient (Wildman–Crippen LogP) is 5.40. The van der Waals surface area contributed by atoms with Gasteiger partial charge >= 0.3 is 0 Å². The maximum absolute atomic E-state index is 5.43. The van der Waals surface area contributed by atoms with E-state index in [0.717, 1.165) is 24.2 Å². The molecule has 0 heterocycles. The third kappa shape index (κ3) is 4.85. The third-order valence-electron chi connectivity index (χ3n) is 3.69. The van der Waals surface area contributed by atoms with Crippen LogP contribution in [0.1, 0.15) is 37.8 Å². The van der Waals surface area contributed by atoms with Gasteiger partial charge in [-0.1, -0.05) is 50.6 Å². The zero-order chi connectivity index (χ0) is 15.8. The van der Waals surface area contributed by atoms with E-state index >= 15 is 0 Å².